The second kappa shape index (κ2) is 8.92. The van der Waals surface area contributed by atoms with Crippen LogP contribution in [0.2, 0.25) is 0 Å². The first-order valence-electron chi connectivity index (χ1n) is 13.0. The standard InChI is InChI=1S/C27H44O5/c1-16(6-11-25(30)31-5)21-9-10-22-20-8-7-18-14-19(32-17(2)28)12-13-26(18,3)23(20)15-24(29)27(21,22)4/h16,18-24,29H,6-15H2,1-5H3/t16-,18-,19-,20+,21-,22+,23?,24?,26+,27-/m1/s1. The Morgan fingerprint density at radius 2 is 1.81 bits per heavy atom. The van der Waals surface area contributed by atoms with Crippen molar-refractivity contribution >= 4 is 11.9 Å². The van der Waals surface area contributed by atoms with Gasteiger partial charge >= 0.3 is 11.9 Å². The first-order chi connectivity index (χ1) is 15.1. The Bertz CT molecular complexity index is 721. The fourth-order valence-electron chi connectivity index (χ4n) is 9.13. The third-order valence-electron chi connectivity index (χ3n) is 10.8. The van der Waals surface area contributed by atoms with Gasteiger partial charge in [-0.05, 0) is 104 Å². The molecule has 0 aromatic rings. The molecule has 5 nitrogen and oxygen atoms in total. The highest BCUT2D eigenvalue weighted by molar-refractivity contribution is 5.69. The van der Waals surface area contributed by atoms with Gasteiger partial charge in [-0.15, -0.1) is 0 Å². The summed E-state index contributed by atoms with van der Waals surface area (Å²) >= 11 is 0. The number of fused-ring (bicyclic) bond motifs is 5. The minimum Gasteiger partial charge on any atom is -0.469 e. The lowest BCUT2D eigenvalue weighted by Gasteiger charge is -2.62. The summed E-state index contributed by atoms with van der Waals surface area (Å²) in [5.41, 5.74) is 0.200. The van der Waals surface area contributed by atoms with Crippen molar-refractivity contribution in [3.63, 3.8) is 0 Å². The molecule has 182 valence electrons. The van der Waals surface area contributed by atoms with Crippen LogP contribution < -0.4 is 0 Å². The van der Waals surface area contributed by atoms with E-state index >= 15 is 0 Å². The number of carbonyl (C=O) groups is 2. The van der Waals surface area contributed by atoms with Gasteiger partial charge in [0, 0.05) is 13.3 Å². The molecule has 0 aromatic heterocycles. The summed E-state index contributed by atoms with van der Waals surface area (Å²) in [4.78, 5) is 23.2. The zero-order chi connectivity index (χ0) is 23.3. The summed E-state index contributed by atoms with van der Waals surface area (Å²) in [7, 11) is 1.46. The van der Waals surface area contributed by atoms with Crippen LogP contribution in [0.3, 0.4) is 0 Å². The van der Waals surface area contributed by atoms with Crippen molar-refractivity contribution in [2.75, 3.05) is 7.11 Å². The summed E-state index contributed by atoms with van der Waals surface area (Å²) in [5.74, 6) is 3.02. The zero-order valence-electron chi connectivity index (χ0n) is 20.8. The van der Waals surface area contributed by atoms with Crippen molar-refractivity contribution in [3.8, 4) is 0 Å². The van der Waals surface area contributed by atoms with Crippen molar-refractivity contribution in [1.29, 1.82) is 0 Å². The van der Waals surface area contributed by atoms with Gasteiger partial charge in [-0.1, -0.05) is 20.8 Å². The number of rotatable bonds is 5. The smallest absolute Gasteiger partial charge is 0.305 e. The van der Waals surface area contributed by atoms with Crippen molar-refractivity contribution < 1.29 is 24.2 Å². The third kappa shape index (κ3) is 3.91. The lowest BCUT2D eigenvalue weighted by atomic mass is 9.43. The highest BCUT2D eigenvalue weighted by Crippen LogP contribution is 2.68. The number of ether oxygens (including phenoxy) is 2. The van der Waals surface area contributed by atoms with E-state index < -0.39 is 0 Å². The van der Waals surface area contributed by atoms with Gasteiger partial charge in [0.25, 0.3) is 0 Å². The average molecular weight is 449 g/mol. The van der Waals surface area contributed by atoms with Crippen molar-refractivity contribution in [2.24, 2.45) is 46.3 Å². The van der Waals surface area contributed by atoms with E-state index in [2.05, 4.69) is 20.8 Å². The minimum atomic E-state index is -0.274. The van der Waals surface area contributed by atoms with Gasteiger partial charge in [0.15, 0.2) is 0 Å². The van der Waals surface area contributed by atoms with E-state index in [4.69, 9.17) is 9.47 Å². The van der Waals surface area contributed by atoms with Crippen molar-refractivity contribution in [1.82, 2.24) is 0 Å². The number of hydrogen-bond acceptors (Lipinski definition) is 5. The molecule has 0 aliphatic heterocycles. The quantitative estimate of drug-likeness (QED) is 0.590. The van der Waals surface area contributed by atoms with Gasteiger partial charge in [-0.2, -0.15) is 0 Å². The molecule has 0 saturated heterocycles. The molecule has 32 heavy (non-hydrogen) atoms. The first-order valence-corrected chi connectivity index (χ1v) is 13.0. The Morgan fingerprint density at radius 3 is 2.50 bits per heavy atom. The third-order valence-corrected chi connectivity index (χ3v) is 10.8. The van der Waals surface area contributed by atoms with Gasteiger partial charge in [0.05, 0.1) is 13.2 Å². The molecule has 5 heteroatoms. The molecular weight excluding hydrogens is 404 g/mol. The molecule has 0 amide bonds. The molecule has 0 spiro atoms. The summed E-state index contributed by atoms with van der Waals surface area (Å²) in [6.07, 6.45) is 9.92. The second-order valence-corrected chi connectivity index (χ2v) is 12.1. The van der Waals surface area contributed by atoms with E-state index in [-0.39, 0.29) is 35.0 Å². The van der Waals surface area contributed by atoms with Crippen LogP contribution in [0.4, 0.5) is 0 Å². The Hall–Kier alpha value is -1.10. The number of esters is 2. The molecule has 0 bridgehead atoms. The van der Waals surface area contributed by atoms with Gasteiger partial charge in [-0.25, -0.2) is 0 Å². The minimum absolute atomic E-state index is 0.0468. The Balaban J connectivity index is 1.50. The van der Waals surface area contributed by atoms with Crippen LogP contribution in [0.1, 0.15) is 91.9 Å². The number of aliphatic hydroxyl groups excluding tert-OH is 1. The van der Waals surface area contributed by atoms with E-state index in [9.17, 15) is 14.7 Å². The molecule has 0 radical (unpaired) electrons. The molecule has 0 heterocycles. The Labute approximate surface area is 194 Å². The lowest BCUT2D eigenvalue weighted by Crippen LogP contribution is -2.59. The van der Waals surface area contributed by atoms with Gasteiger partial charge in [-0.3, -0.25) is 9.59 Å². The fourth-order valence-corrected chi connectivity index (χ4v) is 9.13. The SMILES string of the molecule is COC(=O)CC[C@@H](C)[C@H]1CC[C@H]2[C@@H]3CC[C@@H]4C[C@H](OC(C)=O)CC[C@]4(C)C3CC(O)[C@]12C. The molecule has 10 atom stereocenters. The number of aliphatic hydroxyl groups is 1. The zero-order valence-corrected chi connectivity index (χ0v) is 20.8. The largest absolute Gasteiger partial charge is 0.469 e. The van der Waals surface area contributed by atoms with Crippen LogP contribution in [0.15, 0.2) is 0 Å². The fraction of sp³-hybridized carbons (Fsp3) is 0.926. The second-order valence-electron chi connectivity index (χ2n) is 12.1. The summed E-state index contributed by atoms with van der Waals surface area (Å²) in [6.45, 7) is 8.62. The molecular formula is C27H44O5. The van der Waals surface area contributed by atoms with Gasteiger partial charge in [0.2, 0.25) is 0 Å². The van der Waals surface area contributed by atoms with E-state index in [0.29, 0.717) is 41.9 Å². The average Bonchev–Trinajstić information content (AvgIpc) is 3.11. The Kier molecular flexibility index (Phi) is 6.70. The Morgan fingerprint density at radius 1 is 1.06 bits per heavy atom. The van der Waals surface area contributed by atoms with Gasteiger partial charge < -0.3 is 14.6 Å². The van der Waals surface area contributed by atoms with Gasteiger partial charge in [0.1, 0.15) is 6.10 Å². The van der Waals surface area contributed by atoms with Crippen LogP contribution in [0.5, 0.6) is 0 Å². The molecule has 4 fully saturated rings. The van der Waals surface area contributed by atoms with E-state index in [1.54, 1.807) is 0 Å². The van der Waals surface area contributed by atoms with Crippen LogP contribution in [-0.4, -0.2) is 36.4 Å². The van der Waals surface area contributed by atoms with Crippen molar-refractivity contribution in [2.45, 2.75) is 104 Å². The van der Waals surface area contributed by atoms with E-state index in [1.165, 1.54) is 39.7 Å². The van der Waals surface area contributed by atoms with Crippen molar-refractivity contribution in [3.05, 3.63) is 0 Å². The maximum Gasteiger partial charge on any atom is 0.305 e. The van der Waals surface area contributed by atoms with Crippen LogP contribution in [-0.2, 0) is 19.1 Å². The molecule has 4 aliphatic rings. The molecule has 1 N–H and O–H groups in total. The maximum absolute atomic E-state index is 11.7. The molecule has 2 unspecified atom stereocenters. The number of hydrogen-bond donors (Lipinski definition) is 1. The predicted molar refractivity (Wildman–Crippen MR) is 123 cm³/mol. The lowest BCUT2D eigenvalue weighted by molar-refractivity contribution is -0.181. The molecule has 4 rings (SSSR count). The summed E-state index contributed by atoms with van der Waals surface area (Å²) in [6, 6.07) is 0. The van der Waals surface area contributed by atoms with E-state index in [0.717, 1.165) is 32.1 Å². The normalized spacial score (nSPS) is 46.4. The monoisotopic (exact) mass is 448 g/mol. The summed E-state index contributed by atoms with van der Waals surface area (Å²) < 4.78 is 10.5. The molecule has 4 aliphatic carbocycles. The maximum atomic E-state index is 11.7. The number of carbonyl (C=O) groups excluding carboxylic acids is 2. The van der Waals surface area contributed by atoms with Crippen LogP contribution in [0.25, 0.3) is 0 Å². The summed E-state index contributed by atoms with van der Waals surface area (Å²) in [5, 5.41) is 11.6. The highest BCUT2D eigenvalue weighted by atomic mass is 16.5. The van der Waals surface area contributed by atoms with E-state index in [1.807, 2.05) is 0 Å². The first kappa shape index (κ1) is 24.0. The number of methoxy groups -OCH3 is 1. The molecule has 0 aromatic carbocycles. The topological polar surface area (TPSA) is 72.8 Å². The van der Waals surface area contributed by atoms with Crippen LogP contribution >= 0.6 is 0 Å². The predicted octanol–water partition coefficient (Wildman–Crippen LogP) is 5.14. The highest BCUT2D eigenvalue weighted by Gasteiger charge is 2.63. The van der Waals surface area contributed by atoms with Crippen LogP contribution in [0, 0.1) is 46.3 Å². The molecule has 4 saturated carbocycles.